The SMILES string of the molecule is C(=C1CC2CCC1CC2)N1CCCC1. The quantitative estimate of drug-likeness (QED) is 0.615. The molecule has 0 radical (unpaired) electrons. The summed E-state index contributed by atoms with van der Waals surface area (Å²) < 4.78 is 0. The summed E-state index contributed by atoms with van der Waals surface area (Å²) in [4.78, 5) is 2.57. The Bertz CT molecular complexity index is 230. The molecule has 1 heteroatoms. The first-order valence-corrected chi connectivity index (χ1v) is 6.36. The molecule has 4 aliphatic rings. The zero-order chi connectivity index (χ0) is 9.38. The van der Waals surface area contributed by atoms with Gasteiger partial charge in [-0.3, -0.25) is 0 Å². The van der Waals surface area contributed by atoms with Gasteiger partial charge in [0.15, 0.2) is 0 Å². The normalized spacial score (nSPS) is 39.7. The lowest BCUT2D eigenvalue weighted by Crippen LogP contribution is -2.26. The van der Waals surface area contributed by atoms with E-state index in [0.29, 0.717) is 0 Å². The molecule has 0 spiro atoms. The maximum Gasteiger partial charge on any atom is 0.0173 e. The van der Waals surface area contributed by atoms with E-state index in [9.17, 15) is 0 Å². The van der Waals surface area contributed by atoms with Gasteiger partial charge in [-0.05, 0) is 63.0 Å². The predicted octanol–water partition coefficient (Wildman–Crippen LogP) is 3.18. The summed E-state index contributed by atoms with van der Waals surface area (Å²) in [5.74, 6) is 2.02. The second kappa shape index (κ2) is 3.60. The Morgan fingerprint density at radius 1 is 1.00 bits per heavy atom. The molecule has 0 aromatic rings. The first-order chi connectivity index (χ1) is 6.92. The van der Waals surface area contributed by atoms with Crippen molar-refractivity contribution in [2.24, 2.45) is 11.8 Å². The highest BCUT2D eigenvalue weighted by atomic mass is 15.1. The molecule has 78 valence electrons. The Labute approximate surface area is 87.2 Å². The molecular formula is C13H21N. The third-order valence-electron chi connectivity index (χ3n) is 4.38. The Morgan fingerprint density at radius 2 is 1.71 bits per heavy atom. The molecule has 4 rings (SSSR count). The van der Waals surface area contributed by atoms with Gasteiger partial charge in [0.2, 0.25) is 0 Å². The van der Waals surface area contributed by atoms with Crippen LogP contribution < -0.4 is 0 Å². The van der Waals surface area contributed by atoms with Crippen LogP contribution in [-0.2, 0) is 0 Å². The van der Waals surface area contributed by atoms with Gasteiger partial charge in [0.25, 0.3) is 0 Å². The van der Waals surface area contributed by atoms with Gasteiger partial charge in [0.1, 0.15) is 0 Å². The number of likely N-dealkylation sites (tertiary alicyclic amines) is 1. The van der Waals surface area contributed by atoms with Crippen molar-refractivity contribution in [3.8, 4) is 0 Å². The Kier molecular flexibility index (Phi) is 2.27. The van der Waals surface area contributed by atoms with Crippen LogP contribution in [0.1, 0.15) is 44.9 Å². The lowest BCUT2D eigenvalue weighted by Gasteiger charge is -2.38. The van der Waals surface area contributed by atoms with E-state index in [1.807, 2.05) is 0 Å². The van der Waals surface area contributed by atoms with Crippen LogP contribution in [0.15, 0.2) is 11.8 Å². The number of allylic oxidation sites excluding steroid dienone is 1. The van der Waals surface area contributed by atoms with E-state index < -0.39 is 0 Å². The van der Waals surface area contributed by atoms with Crippen molar-refractivity contribution in [3.63, 3.8) is 0 Å². The van der Waals surface area contributed by atoms with Crippen LogP contribution in [0.4, 0.5) is 0 Å². The summed E-state index contributed by atoms with van der Waals surface area (Å²) in [6, 6.07) is 0. The van der Waals surface area contributed by atoms with E-state index in [-0.39, 0.29) is 0 Å². The summed E-state index contributed by atoms with van der Waals surface area (Å²) in [6.07, 6.45) is 12.8. The minimum Gasteiger partial charge on any atom is -0.377 e. The molecule has 0 aromatic heterocycles. The molecule has 1 saturated heterocycles. The third-order valence-corrected chi connectivity index (χ3v) is 4.38. The van der Waals surface area contributed by atoms with Crippen LogP contribution >= 0.6 is 0 Å². The highest BCUT2D eigenvalue weighted by Crippen LogP contribution is 2.44. The topological polar surface area (TPSA) is 3.24 Å². The van der Waals surface area contributed by atoms with Crippen molar-refractivity contribution in [1.82, 2.24) is 4.90 Å². The van der Waals surface area contributed by atoms with Gasteiger partial charge in [-0.2, -0.15) is 0 Å². The lowest BCUT2D eigenvalue weighted by atomic mass is 9.68. The standard InChI is InChI=1S/C13H21N/c1-2-8-14(7-1)10-13-9-11-3-5-12(13)6-4-11/h10-12H,1-9H2. The predicted molar refractivity (Wildman–Crippen MR) is 59.0 cm³/mol. The van der Waals surface area contributed by atoms with Gasteiger partial charge in [-0.1, -0.05) is 5.57 Å². The van der Waals surface area contributed by atoms with Crippen molar-refractivity contribution in [1.29, 1.82) is 0 Å². The first-order valence-electron chi connectivity index (χ1n) is 6.36. The van der Waals surface area contributed by atoms with Gasteiger partial charge < -0.3 is 4.90 Å². The van der Waals surface area contributed by atoms with E-state index in [4.69, 9.17) is 0 Å². The molecule has 0 N–H and O–H groups in total. The largest absolute Gasteiger partial charge is 0.377 e. The second-order valence-electron chi connectivity index (χ2n) is 5.37. The van der Waals surface area contributed by atoms with Crippen LogP contribution in [0.25, 0.3) is 0 Å². The lowest BCUT2D eigenvalue weighted by molar-refractivity contribution is 0.234. The zero-order valence-electron chi connectivity index (χ0n) is 9.04. The van der Waals surface area contributed by atoms with E-state index in [1.165, 1.54) is 58.0 Å². The summed E-state index contributed by atoms with van der Waals surface area (Å²) >= 11 is 0. The zero-order valence-corrected chi connectivity index (χ0v) is 9.04. The van der Waals surface area contributed by atoms with Crippen molar-refractivity contribution in [3.05, 3.63) is 11.8 Å². The molecule has 1 heterocycles. The van der Waals surface area contributed by atoms with E-state index in [1.54, 1.807) is 5.57 Å². The average Bonchev–Trinajstić information content (AvgIpc) is 2.72. The van der Waals surface area contributed by atoms with Gasteiger partial charge >= 0.3 is 0 Å². The van der Waals surface area contributed by atoms with Gasteiger partial charge in [-0.15, -0.1) is 0 Å². The second-order valence-corrected chi connectivity index (χ2v) is 5.37. The van der Waals surface area contributed by atoms with E-state index in [0.717, 1.165) is 11.8 Å². The first kappa shape index (κ1) is 8.82. The average molecular weight is 191 g/mol. The maximum absolute atomic E-state index is 2.57. The fourth-order valence-electron chi connectivity index (χ4n) is 3.50. The number of fused-ring (bicyclic) bond motifs is 3. The smallest absolute Gasteiger partial charge is 0.0173 e. The molecule has 0 amide bonds. The van der Waals surface area contributed by atoms with Gasteiger partial charge in [0.05, 0.1) is 0 Å². The summed E-state index contributed by atoms with van der Waals surface area (Å²) in [7, 11) is 0. The Balaban J connectivity index is 1.71. The van der Waals surface area contributed by atoms with Crippen molar-refractivity contribution < 1.29 is 0 Å². The number of hydrogen-bond acceptors (Lipinski definition) is 1. The Hall–Kier alpha value is -0.460. The van der Waals surface area contributed by atoms with Gasteiger partial charge in [0, 0.05) is 13.1 Å². The molecule has 0 atom stereocenters. The van der Waals surface area contributed by atoms with Crippen molar-refractivity contribution in [2.45, 2.75) is 44.9 Å². The molecule has 3 aliphatic carbocycles. The van der Waals surface area contributed by atoms with Crippen molar-refractivity contribution >= 4 is 0 Å². The molecule has 1 aliphatic heterocycles. The number of nitrogens with zero attached hydrogens (tertiary/aromatic N) is 1. The summed E-state index contributed by atoms with van der Waals surface area (Å²) in [6.45, 7) is 2.64. The number of rotatable bonds is 1. The molecule has 2 bridgehead atoms. The van der Waals surface area contributed by atoms with Gasteiger partial charge in [-0.25, -0.2) is 0 Å². The molecule has 14 heavy (non-hydrogen) atoms. The maximum atomic E-state index is 2.57. The fourth-order valence-corrected chi connectivity index (χ4v) is 3.50. The summed E-state index contributed by atoms with van der Waals surface area (Å²) in [5, 5.41) is 0. The van der Waals surface area contributed by atoms with Crippen LogP contribution in [0.3, 0.4) is 0 Å². The van der Waals surface area contributed by atoms with Crippen LogP contribution in [0.5, 0.6) is 0 Å². The molecular weight excluding hydrogens is 170 g/mol. The van der Waals surface area contributed by atoms with Crippen LogP contribution in [0, 0.1) is 11.8 Å². The minimum absolute atomic E-state index is 0.973. The summed E-state index contributed by atoms with van der Waals surface area (Å²) in [5.41, 5.74) is 1.80. The number of hydrogen-bond donors (Lipinski definition) is 0. The molecule has 0 unspecified atom stereocenters. The van der Waals surface area contributed by atoms with Crippen LogP contribution in [-0.4, -0.2) is 18.0 Å². The van der Waals surface area contributed by atoms with Crippen molar-refractivity contribution in [2.75, 3.05) is 13.1 Å². The highest BCUT2D eigenvalue weighted by Gasteiger charge is 2.31. The van der Waals surface area contributed by atoms with E-state index >= 15 is 0 Å². The van der Waals surface area contributed by atoms with Crippen LogP contribution in [0.2, 0.25) is 0 Å². The molecule has 4 fully saturated rings. The van der Waals surface area contributed by atoms with E-state index in [2.05, 4.69) is 11.1 Å². The third kappa shape index (κ3) is 1.57. The monoisotopic (exact) mass is 191 g/mol. The highest BCUT2D eigenvalue weighted by molar-refractivity contribution is 5.13. The Morgan fingerprint density at radius 3 is 2.29 bits per heavy atom. The molecule has 1 nitrogen and oxygen atoms in total. The fraction of sp³-hybridized carbons (Fsp3) is 0.846. The molecule has 3 saturated carbocycles. The molecule has 0 aromatic carbocycles. The minimum atomic E-state index is 0.973.